The van der Waals surface area contributed by atoms with E-state index in [0.29, 0.717) is 17.1 Å². The lowest BCUT2D eigenvalue weighted by Gasteiger charge is -2.11. The van der Waals surface area contributed by atoms with E-state index in [4.69, 9.17) is 20.0 Å². The Morgan fingerprint density at radius 3 is 2.35 bits per heavy atom. The van der Waals surface area contributed by atoms with E-state index in [9.17, 15) is 4.39 Å². The topological polar surface area (TPSA) is 66.0 Å². The summed E-state index contributed by atoms with van der Waals surface area (Å²) in [5.74, 6) is 0.407. The second-order valence-corrected chi connectivity index (χ2v) is 3.83. The van der Waals surface area contributed by atoms with Crippen LogP contribution in [0.4, 0.5) is 4.39 Å². The fourth-order valence-electron chi connectivity index (χ4n) is 1.62. The highest BCUT2D eigenvalue weighted by Gasteiger charge is 2.10. The van der Waals surface area contributed by atoms with Gasteiger partial charge in [-0.3, -0.25) is 0 Å². The molecule has 5 heteroatoms. The lowest BCUT2D eigenvalue weighted by molar-refractivity contribution is 0.378. The first-order valence-corrected chi connectivity index (χ1v) is 5.63. The second-order valence-electron chi connectivity index (χ2n) is 3.83. The first kappa shape index (κ1) is 13.4. The maximum atomic E-state index is 13.0. The Labute approximate surface area is 115 Å². The van der Waals surface area contributed by atoms with Gasteiger partial charge in [0.1, 0.15) is 17.6 Å². The van der Waals surface area contributed by atoms with Crippen molar-refractivity contribution < 1.29 is 13.9 Å². The van der Waals surface area contributed by atoms with Crippen molar-refractivity contribution in [3.8, 4) is 29.4 Å². The molecule has 0 aliphatic rings. The molecule has 0 radical (unpaired) electrons. The first-order chi connectivity index (χ1) is 9.67. The fourth-order valence-corrected chi connectivity index (χ4v) is 1.62. The number of hydrogen-bond donors (Lipinski definition) is 0. The van der Waals surface area contributed by atoms with E-state index < -0.39 is 5.82 Å². The zero-order valence-corrected chi connectivity index (χ0v) is 10.6. The monoisotopic (exact) mass is 268 g/mol. The van der Waals surface area contributed by atoms with Gasteiger partial charge in [-0.1, -0.05) is 0 Å². The van der Waals surface area contributed by atoms with Crippen molar-refractivity contribution in [1.82, 2.24) is 0 Å². The molecule has 0 saturated heterocycles. The van der Waals surface area contributed by atoms with Gasteiger partial charge >= 0.3 is 0 Å². The summed E-state index contributed by atoms with van der Waals surface area (Å²) in [6, 6.07) is 12.1. The highest BCUT2D eigenvalue weighted by molar-refractivity contribution is 5.51. The van der Waals surface area contributed by atoms with Gasteiger partial charge in [-0.25, -0.2) is 4.39 Å². The summed E-state index contributed by atoms with van der Waals surface area (Å²) in [5, 5.41) is 17.8. The molecule has 0 heterocycles. The molecule has 4 nitrogen and oxygen atoms in total. The fraction of sp³-hybridized carbons (Fsp3) is 0.0667. The molecule has 0 saturated carbocycles. The maximum absolute atomic E-state index is 13.0. The Kier molecular flexibility index (Phi) is 3.83. The van der Waals surface area contributed by atoms with Crippen LogP contribution in [0.15, 0.2) is 36.4 Å². The molecule has 2 aromatic carbocycles. The standard InChI is InChI=1S/C15H9FN2O2/c1-19-15-6-10(8-17)2-4-14(15)20-13-5-3-12(16)7-11(13)9-18/h2-7H,1H3. The Morgan fingerprint density at radius 2 is 1.70 bits per heavy atom. The molecule has 0 fully saturated rings. The normalized spacial score (nSPS) is 9.40. The predicted molar refractivity (Wildman–Crippen MR) is 68.9 cm³/mol. The molecule has 98 valence electrons. The van der Waals surface area contributed by atoms with Crippen LogP contribution in [0.3, 0.4) is 0 Å². The lowest BCUT2D eigenvalue weighted by Crippen LogP contribution is -1.93. The van der Waals surface area contributed by atoms with Crippen molar-refractivity contribution in [3.63, 3.8) is 0 Å². The molecule has 2 aromatic rings. The largest absolute Gasteiger partial charge is 0.493 e. The van der Waals surface area contributed by atoms with E-state index in [1.54, 1.807) is 12.1 Å². The highest BCUT2D eigenvalue weighted by atomic mass is 19.1. The quantitative estimate of drug-likeness (QED) is 0.855. The second kappa shape index (κ2) is 5.73. The van der Waals surface area contributed by atoms with E-state index in [2.05, 4.69) is 0 Å². The number of methoxy groups -OCH3 is 1. The van der Waals surface area contributed by atoms with Crippen LogP contribution in [-0.2, 0) is 0 Å². The van der Waals surface area contributed by atoms with Crippen molar-refractivity contribution in [2.24, 2.45) is 0 Å². The minimum Gasteiger partial charge on any atom is -0.493 e. The lowest BCUT2D eigenvalue weighted by atomic mass is 10.2. The van der Waals surface area contributed by atoms with Gasteiger partial charge in [-0.2, -0.15) is 10.5 Å². The minimum absolute atomic E-state index is 0.0800. The molecule has 0 aromatic heterocycles. The Bertz CT molecular complexity index is 730. The number of benzene rings is 2. The SMILES string of the molecule is COc1cc(C#N)ccc1Oc1ccc(F)cc1C#N. The zero-order valence-electron chi connectivity index (χ0n) is 10.6. The van der Waals surface area contributed by atoms with Gasteiger partial charge < -0.3 is 9.47 Å². The smallest absolute Gasteiger partial charge is 0.169 e. The molecule has 0 aliphatic heterocycles. The molecule has 20 heavy (non-hydrogen) atoms. The minimum atomic E-state index is -0.513. The molecule has 0 bridgehead atoms. The van der Waals surface area contributed by atoms with Gasteiger partial charge in [0.15, 0.2) is 11.5 Å². The van der Waals surface area contributed by atoms with E-state index >= 15 is 0 Å². The Morgan fingerprint density at radius 1 is 0.950 bits per heavy atom. The molecule has 0 unspecified atom stereocenters. The van der Waals surface area contributed by atoms with Crippen molar-refractivity contribution in [2.45, 2.75) is 0 Å². The van der Waals surface area contributed by atoms with E-state index in [1.807, 2.05) is 12.1 Å². The van der Waals surface area contributed by atoms with Gasteiger partial charge in [0.25, 0.3) is 0 Å². The van der Waals surface area contributed by atoms with Gasteiger partial charge in [0.05, 0.1) is 24.3 Å². The predicted octanol–water partition coefficient (Wildman–Crippen LogP) is 3.37. The average molecular weight is 268 g/mol. The van der Waals surface area contributed by atoms with Crippen LogP contribution in [0.25, 0.3) is 0 Å². The first-order valence-electron chi connectivity index (χ1n) is 5.63. The van der Waals surface area contributed by atoms with Gasteiger partial charge in [-0.15, -0.1) is 0 Å². The van der Waals surface area contributed by atoms with Crippen LogP contribution in [0.2, 0.25) is 0 Å². The highest BCUT2D eigenvalue weighted by Crippen LogP contribution is 2.33. The molecular formula is C15H9FN2O2. The molecule has 0 aliphatic carbocycles. The summed E-state index contributed by atoms with van der Waals surface area (Å²) in [4.78, 5) is 0. The van der Waals surface area contributed by atoms with Crippen molar-refractivity contribution in [3.05, 3.63) is 53.3 Å². The molecular weight excluding hydrogens is 259 g/mol. The molecule has 2 rings (SSSR count). The number of nitrogens with zero attached hydrogens (tertiary/aromatic N) is 2. The van der Waals surface area contributed by atoms with Crippen LogP contribution >= 0.6 is 0 Å². The molecule has 0 N–H and O–H groups in total. The van der Waals surface area contributed by atoms with Gasteiger partial charge in [0.2, 0.25) is 0 Å². The summed E-state index contributed by atoms with van der Waals surface area (Å²) in [5.41, 5.74) is 0.505. The van der Waals surface area contributed by atoms with E-state index in [1.165, 1.54) is 25.3 Å². The Balaban J connectivity index is 2.41. The average Bonchev–Trinajstić information content (AvgIpc) is 2.49. The summed E-state index contributed by atoms with van der Waals surface area (Å²) in [7, 11) is 1.44. The van der Waals surface area contributed by atoms with Crippen molar-refractivity contribution in [2.75, 3.05) is 7.11 Å². The number of rotatable bonds is 3. The van der Waals surface area contributed by atoms with Crippen LogP contribution in [-0.4, -0.2) is 7.11 Å². The van der Waals surface area contributed by atoms with E-state index in [-0.39, 0.29) is 11.3 Å². The summed E-state index contributed by atoms with van der Waals surface area (Å²) < 4.78 is 23.7. The van der Waals surface area contributed by atoms with Crippen LogP contribution in [0.5, 0.6) is 17.2 Å². The van der Waals surface area contributed by atoms with E-state index in [0.717, 1.165) is 6.07 Å². The Hall–Kier alpha value is -3.05. The number of hydrogen-bond acceptors (Lipinski definition) is 4. The molecule has 0 atom stereocenters. The van der Waals surface area contributed by atoms with Crippen LogP contribution in [0.1, 0.15) is 11.1 Å². The number of ether oxygens (including phenoxy) is 2. The number of halogens is 1. The summed E-state index contributed by atoms with van der Waals surface area (Å²) in [6.07, 6.45) is 0. The molecule has 0 amide bonds. The third-order valence-electron chi connectivity index (χ3n) is 2.57. The van der Waals surface area contributed by atoms with Gasteiger partial charge in [0, 0.05) is 6.07 Å². The van der Waals surface area contributed by atoms with Gasteiger partial charge in [-0.05, 0) is 30.3 Å². The maximum Gasteiger partial charge on any atom is 0.169 e. The van der Waals surface area contributed by atoms with Crippen LogP contribution in [0, 0.1) is 28.5 Å². The summed E-state index contributed by atoms with van der Waals surface area (Å²) >= 11 is 0. The third-order valence-corrected chi connectivity index (χ3v) is 2.57. The summed E-state index contributed by atoms with van der Waals surface area (Å²) in [6.45, 7) is 0. The van der Waals surface area contributed by atoms with Crippen molar-refractivity contribution in [1.29, 1.82) is 10.5 Å². The zero-order chi connectivity index (χ0) is 14.5. The molecule has 0 spiro atoms. The van der Waals surface area contributed by atoms with Crippen molar-refractivity contribution >= 4 is 0 Å². The number of nitriles is 2. The van der Waals surface area contributed by atoms with Crippen LogP contribution < -0.4 is 9.47 Å². The third kappa shape index (κ3) is 2.68.